The number of nitrogens with two attached hydrogens (primary N) is 1. The Kier molecular flexibility index (Phi) is 8.10. The van der Waals surface area contributed by atoms with Gasteiger partial charge in [0.2, 0.25) is 0 Å². The van der Waals surface area contributed by atoms with Crippen molar-refractivity contribution in [2.45, 2.75) is 49.2 Å². The normalized spacial score (nSPS) is 21.5. The topological polar surface area (TPSA) is 116 Å². The predicted molar refractivity (Wildman–Crippen MR) is 134 cm³/mol. The molecule has 4 rings (SSSR count). The van der Waals surface area contributed by atoms with Gasteiger partial charge in [-0.3, -0.25) is 9.59 Å². The van der Waals surface area contributed by atoms with Crippen LogP contribution >= 0.6 is 11.8 Å². The molecule has 0 bridgehead atoms. The monoisotopic (exact) mass is 499 g/mol. The Morgan fingerprint density at radius 1 is 1.14 bits per heavy atom. The number of likely N-dealkylation sites (tertiary alicyclic amines) is 1. The lowest BCUT2D eigenvalue weighted by Crippen LogP contribution is -2.51. The minimum absolute atomic E-state index is 0.0976. The minimum Gasteiger partial charge on any atom is -0.398 e. The van der Waals surface area contributed by atoms with Gasteiger partial charge in [0.1, 0.15) is 5.82 Å². The van der Waals surface area contributed by atoms with E-state index < -0.39 is 24.0 Å². The number of nitrogen functional groups attached to an aromatic ring is 1. The lowest BCUT2D eigenvalue weighted by atomic mass is 10.0. The van der Waals surface area contributed by atoms with Crippen LogP contribution in [-0.4, -0.2) is 57.5 Å². The number of aliphatic hydroxyl groups is 2. The van der Waals surface area contributed by atoms with E-state index in [0.717, 1.165) is 29.7 Å². The van der Waals surface area contributed by atoms with Crippen molar-refractivity contribution in [3.63, 3.8) is 0 Å². The number of benzene rings is 2. The SMILES string of the molecule is Nc1ccccc1CC1=CSC(CNC(=O)[C@H](O)[C@@H](O)C(=O)N2CCCC2c2ccc(F)cc2)C1. The average Bonchev–Trinajstić information content (AvgIpc) is 3.53. The third-order valence-electron chi connectivity index (χ3n) is 6.50. The second kappa shape index (κ2) is 11.2. The number of amides is 2. The van der Waals surface area contributed by atoms with Crippen LogP contribution in [0.3, 0.4) is 0 Å². The van der Waals surface area contributed by atoms with Gasteiger partial charge in [-0.05, 0) is 60.4 Å². The molecule has 0 saturated carbocycles. The second-order valence-electron chi connectivity index (χ2n) is 8.99. The van der Waals surface area contributed by atoms with Gasteiger partial charge in [-0.15, -0.1) is 11.8 Å². The first-order valence-electron chi connectivity index (χ1n) is 11.7. The zero-order valence-corrected chi connectivity index (χ0v) is 20.1. The largest absolute Gasteiger partial charge is 0.398 e. The molecular formula is C26H30FN3O4S. The molecule has 2 aliphatic rings. The summed E-state index contributed by atoms with van der Waals surface area (Å²) in [5.41, 5.74) is 9.79. The van der Waals surface area contributed by atoms with Crippen molar-refractivity contribution in [2.24, 2.45) is 0 Å². The van der Waals surface area contributed by atoms with Crippen LogP contribution in [-0.2, 0) is 16.0 Å². The van der Waals surface area contributed by atoms with Crippen LogP contribution in [0.25, 0.3) is 0 Å². The molecule has 5 N–H and O–H groups in total. The number of nitrogens with zero attached hydrogens (tertiary/aromatic N) is 1. The average molecular weight is 500 g/mol. The molecule has 186 valence electrons. The zero-order valence-electron chi connectivity index (χ0n) is 19.3. The first kappa shape index (κ1) is 25.2. The van der Waals surface area contributed by atoms with Gasteiger partial charge in [0.25, 0.3) is 11.8 Å². The second-order valence-corrected chi connectivity index (χ2v) is 10.2. The summed E-state index contributed by atoms with van der Waals surface area (Å²) >= 11 is 1.60. The van der Waals surface area contributed by atoms with E-state index in [1.54, 1.807) is 23.9 Å². The molecule has 4 atom stereocenters. The maximum Gasteiger partial charge on any atom is 0.255 e. The number of thioether (sulfide) groups is 1. The van der Waals surface area contributed by atoms with E-state index in [-0.39, 0.29) is 17.1 Å². The molecule has 1 saturated heterocycles. The quantitative estimate of drug-likeness (QED) is 0.415. The molecule has 0 radical (unpaired) electrons. The summed E-state index contributed by atoms with van der Waals surface area (Å²) in [6, 6.07) is 13.2. The standard InChI is InChI=1S/C26H30FN3O4S/c27-19-9-7-17(8-10-19)22-6-3-11-30(22)26(34)24(32)23(31)25(33)29-14-20-13-16(15-35-20)12-18-4-1-2-5-21(18)28/h1-2,4-5,7-10,15,20,22-24,31-32H,3,6,11-14,28H2,(H,29,33)/t20?,22?,23-,24-/m1/s1. The third kappa shape index (κ3) is 6.04. The molecule has 2 heterocycles. The number of para-hydroxylation sites is 1. The highest BCUT2D eigenvalue weighted by molar-refractivity contribution is 8.03. The fourth-order valence-corrected chi connectivity index (χ4v) is 5.64. The maximum atomic E-state index is 13.3. The van der Waals surface area contributed by atoms with Gasteiger partial charge in [0, 0.05) is 24.0 Å². The summed E-state index contributed by atoms with van der Waals surface area (Å²) in [4.78, 5) is 26.8. The molecule has 0 aliphatic carbocycles. The Labute approximate surface area is 208 Å². The molecule has 35 heavy (non-hydrogen) atoms. The van der Waals surface area contributed by atoms with Crippen molar-refractivity contribution in [1.82, 2.24) is 10.2 Å². The summed E-state index contributed by atoms with van der Waals surface area (Å²) in [6.07, 6.45) is -0.863. The molecule has 2 aromatic rings. The van der Waals surface area contributed by atoms with Crippen molar-refractivity contribution in [2.75, 3.05) is 18.8 Å². The Morgan fingerprint density at radius 2 is 1.89 bits per heavy atom. The number of hydrogen-bond donors (Lipinski definition) is 4. The number of aliphatic hydroxyl groups excluding tert-OH is 2. The highest BCUT2D eigenvalue weighted by atomic mass is 32.2. The Balaban J connectivity index is 1.26. The summed E-state index contributed by atoms with van der Waals surface area (Å²) < 4.78 is 13.3. The van der Waals surface area contributed by atoms with Crippen LogP contribution in [0.5, 0.6) is 0 Å². The summed E-state index contributed by atoms with van der Waals surface area (Å²) in [5, 5.41) is 25.7. The van der Waals surface area contributed by atoms with Crippen LogP contribution in [0.15, 0.2) is 59.5 Å². The number of nitrogens with one attached hydrogen (secondary N) is 1. The Bertz CT molecular complexity index is 1090. The highest BCUT2D eigenvalue weighted by Crippen LogP contribution is 2.34. The van der Waals surface area contributed by atoms with E-state index in [2.05, 4.69) is 10.7 Å². The van der Waals surface area contributed by atoms with Gasteiger partial charge < -0.3 is 26.2 Å². The molecule has 2 unspecified atom stereocenters. The molecule has 2 amide bonds. The smallest absolute Gasteiger partial charge is 0.255 e. The molecule has 9 heteroatoms. The van der Waals surface area contributed by atoms with Crippen LogP contribution in [0.4, 0.5) is 10.1 Å². The number of halogens is 1. The van der Waals surface area contributed by atoms with E-state index in [1.165, 1.54) is 22.6 Å². The Hall–Kier alpha value is -2.88. The van der Waals surface area contributed by atoms with Gasteiger partial charge in [-0.25, -0.2) is 4.39 Å². The lowest BCUT2D eigenvalue weighted by Gasteiger charge is -2.28. The van der Waals surface area contributed by atoms with E-state index >= 15 is 0 Å². The van der Waals surface area contributed by atoms with Gasteiger partial charge in [-0.1, -0.05) is 35.9 Å². The molecule has 2 aromatic carbocycles. The molecule has 0 aromatic heterocycles. The van der Waals surface area contributed by atoms with Crippen molar-refractivity contribution in [1.29, 1.82) is 0 Å². The number of rotatable bonds is 8. The van der Waals surface area contributed by atoms with Crippen molar-refractivity contribution >= 4 is 29.3 Å². The van der Waals surface area contributed by atoms with E-state index in [4.69, 9.17) is 5.73 Å². The maximum absolute atomic E-state index is 13.3. The summed E-state index contributed by atoms with van der Waals surface area (Å²) in [6.45, 7) is 0.693. The molecule has 1 fully saturated rings. The highest BCUT2D eigenvalue weighted by Gasteiger charge is 2.38. The van der Waals surface area contributed by atoms with Crippen LogP contribution in [0, 0.1) is 5.82 Å². The summed E-state index contributed by atoms with van der Waals surface area (Å²) in [5.74, 6) is -1.87. The fourth-order valence-electron chi connectivity index (χ4n) is 4.58. The first-order valence-corrected chi connectivity index (χ1v) is 12.6. The summed E-state index contributed by atoms with van der Waals surface area (Å²) in [7, 11) is 0. The van der Waals surface area contributed by atoms with Crippen molar-refractivity contribution in [3.8, 4) is 0 Å². The predicted octanol–water partition coefficient (Wildman–Crippen LogP) is 2.54. The van der Waals surface area contributed by atoms with Gasteiger partial charge >= 0.3 is 0 Å². The Morgan fingerprint density at radius 3 is 2.63 bits per heavy atom. The third-order valence-corrected chi connectivity index (χ3v) is 7.69. The first-order chi connectivity index (χ1) is 16.8. The van der Waals surface area contributed by atoms with Crippen LogP contribution < -0.4 is 11.1 Å². The van der Waals surface area contributed by atoms with E-state index in [9.17, 15) is 24.2 Å². The van der Waals surface area contributed by atoms with Crippen LogP contribution in [0.2, 0.25) is 0 Å². The zero-order chi connectivity index (χ0) is 24.9. The molecule has 0 spiro atoms. The molecule has 2 aliphatic heterocycles. The lowest BCUT2D eigenvalue weighted by molar-refractivity contribution is -0.153. The van der Waals surface area contributed by atoms with E-state index in [0.29, 0.717) is 25.9 Å². The number of anilines is 1. The minimum atomic E-state index is -1.88. The van der Waals surface area contributed by atoms with Crippen molar-refractivity contribution < 1.29 is 24.2 Å². The van der Waals surface area contributed by atoms with Gasteiger partial charge in [0.15, 0.2) is 12.2 Å². The number of hydrogen-bond acceptors (Lipinski definition) is 6. The molecular weight excluding hydrogens is 469 g/mol. The molecule has 7 nitrogen and oxygen atoms in total. The van der Waals surface area contributed by atoms with Gasteiger partial charge in [-0.2, -0.15) is 0 Å². The van der Waals surface area contributed by atoms with E-state index in [1.807, 2.05) is 24.3 Å². The number of allylic oxidation sites excluding steroid dienone is 1. The fraction of sp³-hybridized carbons (Fsp3) is 0.385. The van der Waals surface area contributed by atoms with Crippen molar-refractivity contribution in [3.05, 3.63) is 76.5 Å². The number of carbonyl (C=O) groups is 2. The van der Waals surface area contributed by atoms with Crippen LogP contribution in [0.1, 0.15) is 36.4 Å². The van der Waals surface area contributed by atoms with Gasteiger partial charge in [0.05, 0.1) is 6.04 Å². The number of carbonyl (C=O) groups excluding carboxylic acids is 2.